The van der Waals surface area contributed by atoms with Gasteiger partial charge >= 0.3 is 0 Å². The SMILES string of the molecule is OCC1CCCCN1c1ncnc2c1CCCC2. The Balaban J connectivity index is 1.95. The third kappa shape index (κ3) is 2.09. The number of aryl methyl sites for hydroxylation is 1. The van der Waals surface area contributed by atoms with Crippen molar-refractivity contribution in [3.05, 3.63) is 17.6 Å². The number of nitrogens with zero attached hydrogens (tertiary/aromatic N) is 3. The Bertz CT molecular complexity index is 422. The molecule has 0 bridgehead atoms. The van der Waals surface area contributed by atoms with Crippen molar-refractivity contribution in [2.24, 2.45) is 0 Å². The second kappa shape index (κ2) is 5.22. The molecule has 18 heavy (non-hydrogen) atoms. The lowest BCUT2D eigenvalue weighted by atomic mass is 9.94. The van der Waals surface area contributed by atoms with E-state index in [-0.39, 0.29) is 12.6 Å². The molecule has 0 spiro atoms. The molecule has 1 aliphatic heterocycles. The summed E-state index contributed by atoms with van der Waals surface area (Å²) in [5.41, 5.74) is 2.57. The average Bonchev–Trinajstić information content (AvgIpc) is 2.46. The van der Waals surface area contributed by atoms with E-state index in [1.54, 1.807) is 6.33 Å². The Hall–Kier alpha value is -1.16. The molecule has 1 aromatic heterocycles. The van der Waals surface area contributed by atoms with Gasteiger partial charge in [-0.05, 0) is 44.9 Å². The van der Waals surface area contributed by atoms with Crippen molar-refractivity contribution in [3.8, 4) is 0 Å². The van der Waals surface area contributed by atoms with Gasteiger partial charge in [-0.3, -0.25) is 0 Å². The predicted molar refractivity (Wildman–Crippen MR) is 70.7 cm³/mol. The molecule has 3 rings (SSSR count). The van der Waals surface area contributed by atoms with Crippen LogP contribution in [0.1, 0.15) is 43.4 Å². The number of aromatic nitrogens is 2. The van der Waals surface area contributed by atoms with Gasteiger partial charge in [0.2, 0.25) is 0 Å². The van der Waals surface area contributed by atoms with Gasteiger partial charge in [0.05, 0.1) is 12.6 Å². The Kier molecular flexibility index (Phi) is 3.46. The summed E-state index contributed by atoms with van der Waals surface area (Å²) in [5.74, 6) is 1.10. The molecule has 1 aliphatic carbocycles. The summed E-state index contributed by atoms with van der Waals surface area (Å²) in [6, 6.07) is 0.250. The molecule has 1 aromatic rings. The zero-order valence-electron chi connectivity index (χ0n) is 10.8. The molecular formula is C14H21N3O. The van der Waals surface area contributed by atoms with Crippen LogP contribution in [0.4, 0.5) is 5.82 Å². The van der Waals surface area contributed by atoms with Gasteiger partial charge < -0.3 is 10.0 Å². The largest absolute Gasteiger partial charge is 0.394 e. The summed E-state index contributed by atoms with van der Waals surface area (Å²) in [6.07, 6.45) is 9.86. The fourth-order valence-electron chi connectivity index (χ4n) is 3.22. The third-order valence-corrected chi connectivity index (χ3v) is 4.21. The van der Waals surface area contributed by atoms with Crippen molar-refractivity contribution >= 4 is 5.82 Å². The van der Waals surface area contributed by atoms with E-state index in [2.05, 4.69) is 14.9 Å². The number of anilines is 1. The van der Waals surface area contributed by atoms with Crippen LogP contribution in [-0.2, 0) is 12.8 Å². The molecule has 1 atom stereocenters. The number of aliphatic hydroxyl groups is 1. The maximum absolute atomic E-state index is 9.54. The van der Waals surface area contributed by atoms with Gasteiger partial charge in [0.1, 0.15) is 12.1 Å². The molecule has 4 heteroatoms. The molecule has 0 amide bonds. The van der Waals surface area contributed by atoms with Crippen LogP contribution in [0.2, 0.25) is 0 Å². The fraction of sp³-hybridized carbons (Fsp3) is 0.714. The number of aliphatic hydroxyl groups excluding tert-OH is 1. The number of hydrogen-bond donors (Lipinski definition) is 1. The lowest BCUT2D eigenvalue weighted by Gasteiger charge is -2.37. The normalized spacial score (nSPS) is 23.8. The van der Waals surface area contributed by atoms with E-state index in [9.17, 15) is 5.11 Å². The Morgan fingerprint density at radius 1 is 1.17 bits per heavy atom. The molecule has 4 nitrogen and oxygen atoms in total. The van der Waals surface area contributed by atoms with Gasteiger partial charge in [0.25, 0.3) is 0 Å². The first-order valence-electron chi connectivity index (χ1n) is 7.10. The minimum Gasteiger partial charge on any atom is -0.394 e. The predicted octanol–water partition coefficient (Wildman–Crippen LogP) is 1.71. The zero-order valence-corrected chi connectivity index (χ0v) is 10.8. The van der Waals surface area contributed by atoms with Crippen LogP contribution in [0.15, 0.2) is 6.33 Å². The van der Waals surface area contributed by atoms with Crippen LogP contribution < -0.4 is 4.90 Å². The zero-order chi connectivity index (χ0) is 12.4. The Labute approximate surface area is 108 Å². The van der Waals surface area contributed by atoms with Crippen molar-refractivity contribution in [3.63, 3.8) is 0 Å². The summed E-state index contributed by atoms with van der Waals surface area (Å²) in [6.45, 7) is 1.26. The highest BCUT2D eigenvalue weighted by molar-refractivity contribution is 5.50. The highest BCUT2D eigenvalue weighted by atomic mass is 16.3. The average molecular weight is 247 g/mol. The topological polar surface area (TPSA) is 49.2 Å². The smallest absolute Gasteiger partial charge is 0.135 e. The van der Waals surface area contributed by atoms with Crippen molar-refractivity contribution in [2.45, 2.75) is 51.0 Å². The minimum absolute atomic E-state index is 0.235. The standard InChI is InChI=1S/C14H21N3O/c18-9-11-5-3-4-8-17(11)14-12-6-1-2-7-13(12)15-10-16-14/h10-11,18H,1-9H2. The van der Waals surface area contributed by atoms with Crippen molar-refractivity contribution in [1.29, 1.82) is 0 Å². The van der Waals surface area contributed by atoms with Gasteiger partial charge in [-0.25, -0.2) is 9.97 Å². The van der Waals surface area contributed by atoms with Gasteiger partial charge in [-0.15, -0.1) is 0 Å². The van der Waals surface area contributed by atoms with Gasteiger partial charge in [-0.2, -0.15) is 0 Å². The summed E-state index contributed by atoms with van der Waals surface area (Å²) < 4.78 is 0. The van der Waals surface area contributed by atoms with E-state index in [4.69, 9.17) is 0 Å². The second-order valence-electron chi connectivity index (χ2n) is 5.36. The van der Waals surface area contributed by atoms with Crippen LogP contribution in [0.25, 0.3) is 0 Å². The fourth-order valence-corrected chi connectivity index (χ4v) is 3.22. The van der Waals surface area contributed by atoms with Gasteiger partial charge in [0.15, 0.2) is 0 Å². The van der Waals surface area contributed by atoms with Crippen LogP contribution in [0, 0.1) is 0 Å². The number of fused-ring (bicyclic) bond motifs is 1. The van der Waals surface area contributed by atoms with E-state index in [0.717, 1.165) is 31.6 Å². The van der Waals surface area contributed by atoms with Crippen LogP contribution in [0.3, 0.4) is 0 Å². The van der Waals surface area contributed by atoms with Crippen LogP contribution in [-0.4, -0.2) is 34.3 Å². The number of piperidine rings is 1. The molecule has 98 valence electrons. The van der Waals surface area contributed by atoms with E-state index in [1.807, 2.05) is 0 Å². The summed E-state index contributed by atoms with van der Waals surface area (Å²) in [4.78, 5) is 11.3. The molecule has 1 N–H and O–H groups in total. The van der Waals surface area contributed by atoms with E-state index in [0.29, 0.717) is 0 Å². The Morgan fingerprint density at radius 3 is 2.94 bits per heavy atom. The van der Waals surface area contributed by atoms with Crippen molar-refractivity contribution < 1.29 is 5.11 Å². The first-order chi connectivity index (χ1) is 8.90. The lowest BCUT2D eigenvalue weighted by Crippen LogP contribution is -2.43. The molecular weight excluding hydrogens is 226 g/mol. The maximum Gasteiger partial charge on any atom is 0.135 e. The van der Waals surface area contributed by atoms with Crippen LogP contribution in [0.5, 0.6) is 0 Å². The van der Waals surface area contributed by atoms with Gasteiger partial charge in [-0.1, -0.05) is 0 Å². The van der Waals surface area contributed by atoms with Crippen molar-refractivity contribution in [2.75, 3.05) is 18.1 Å². The first kappa shape index (κ1) is 11.9. The molecule has 1 fully saturated rings. The molecule has 1 unspecified atom stereocenters. The van der Waals surface area contributed by atoms with E-state index < -0.39 is 0 Å². The first-order valence-corrected chi connectivity index (χ1v) is 7.10. The Morgan fingerprint density at radius 2 is 2.06 bits per heavy atom. The second-order valence-corrected chi connectivity index (χ2v) is 5.36. The molecule has 0 aromatic carbocycles. The monoisotopic (exact) mass is 247 g/mol. The quantitative estimate of drug-likeness (QED) is 0.864. The van der Waals surface area contributed by atoms with Crippen molar-refractivity contribution in [1.82, 2.24) is 9.97 Å². The molecule has 2 aliphatic rings. The molecule has 1 saturated heterocycles. The highest BCUT2D eigenvalue weighted by Crippen LogP contribution is 2.30. The number of hydrogen-bond acceptors (Lipinski definition) is 4. The third-order valence-electron chi connectivity index (χ3n) is 4.21. The molecule has 2 heterocycles. The molecule has 0 saturated carbocycles. The minimum atomic E-state index is 0.235. The molecule has 0 radical (unpaired) electrons. The van der Waals surface area contributed by atoms with Crippen LogP contribution >= 0.6 is 0 Å². The van der Waals surface area contributed by atoms with E-state index in [1.165, 1.54) is 36.9 Å². The summed E-state index contributed by atoms with van der Waals surface area (Å²) in [7, 11) is 0. The van der Waals surface area contributed by atoms with E-state index >= 15 is 0 Å². The highest BCUT2D eigenvalue weighted by Gasteiger charge is 2.26. The van der Waals surface area contributed by atoms with Gasteiger partial charge in [0, 0.05) is 17.8 Å². The summed E-state index contributed by atoms with van der Waals surface area (Å²) >= 11 is 0. The maximum atomic E-state index is 9.54. The summed E-state index contributed by atoms with van der Waals surface area (Å²) in [5, 5.41) is 9.54. The number of rotatable bonds is 2. The lowest BCUT2D eigenvalue weighted by molar-refractivity contribution is 0.239.